The SMILES string of the molecule is N#Cc1ccncc1Oc1ccc(F)c(C(F)(F)F)c1. The van der Waals surface area contributed by atoms with Crippen LogP contribution in [0.5, 0.6) is 11.5 Å². The van der Waals surface area contributed by atoms with Gasteiger partial charge >= 0.3 is 6.18 Å². The number of nitriles is 1. The molecule has 0 radical (unpaired) electrons. The first-order valence-corrected chi connectivity index (χ1v) is 5.30. The highest BCUT2D eigenvalue weighted by Gasteiger charge is 2.34. The van der Waals surface area contributed by atoms with Crippen LogP contribution in [0.15, 0.2) is 36.7 Å². The highest BCUT2D eigenvalue weighted by Crippen LogP contribution is 2.35. The van der Waals surface area contributed by atoms with Gasteiger partial charge in [0, 0.05) is 6.20 Å². The van der Waals surface area contributed by atoms with Crippen LogP contribution < -0.4 is 4.74 Å². The molecule has 0 spiro atoms. The molecule has 0 unspecified atom stereocenters. The summed E-state index contributed by atoms with van der Waals surface area (Å²) in [5, 5.41) is 8.83. The van der Waals surface area contributed by atoms with Crippen molar-refractivity contribution in [2.24, 2.45) is 0 Å². The minimum absolute atomic E-state index is 0.00488. The fourth-order valence-corrected chi connectivity index (χ4v) is 1.47. The van der Waals surface area contributed by atoms with Crippen molar-refractivity contribution in [1.82, 2.24) is 4.98 Å². The van der Waals surface area contributed by atoms with E-state index in [0.717, 1.165) is 6.07 Å². The zero-order valence-corrected chi connectivity index (χ0v) is 9.78. The van der Waals surface area contributed by atoms with Crippen LogP contribution >= 0.6 is 0 Å². The Kier molecular flexibility index (Phi) is 3.57. The topological polar surface area (TPSA) is 45.9 Å². The minimum Gasteiger partial charge on any atom is -0.454 e. The van der Waals surface area contributed by atoms with E-state index in [4.69, 9.17) is 10.00 Å². The Morgan fingerprint density at radius 3 is 2.60 bits per heavy atom. The van der Waals surface area contributed by atoms with Gasteiger partial charge in [0.15, 0.2) is 5.75 Å². The average molecular weight is 282 g/mol. The van der Waals surface area contributed by atoms with Gasteiger partial charge in [0.25, 0.3) is 0 Å². The van der Waals surface area contributed by atoms with E-state index in [1.54, 1.807) is 0 Å². The summed E-state index contributed by atoms with van der Waals surface area (Å²) >= 11 is 0. The molecule has 0 amide bonds. The number of hydrogen-bond acceptors (Lipinski definition) is 3. The quantitative estimate of drug-likeness (QED) is 0.785. The van der Waals surface area contributed by atoms with Crippen molar-refractivity contribution in [3.05, 3.63) is 53.6 Å². The highest BCUT2D eigenvalue weighted by molar-refractivity contribution is 5.43. The maximum atomic E-state index is 13.1. The molecule has 0 fully saturated rings. The average Bonchev–Trinajstić information content (AvgIpc) is 2.40. The molecule has 0 saturated carbocycles. The second-order valence-electron chi connectivity index (χ2n) is 3.73. The summed E-state index contributed by atoms with van der Waals surface area (Å²) in [6.07, 6.45) is -2.29. The lowest BCUT2D eigenvalue weighted by Crippen LogP contribution is -2.08. The number of pyridine rings is 1. The van der Waals surface area contributed by atoms with Crippen LogP contribution in [-0.4, -0.2) is 4.98 Å². The third-order valence-electron chi connectivity index (χ3n) is 2.38. The molecule has 7 heteroatoms. The van der Waals surface area contributed by atoms with Crippen LogP contribution in [0.1, 0.15) is 11.1 Å². The van der Waals surface area contributed by atoms with Gasteiger partial charge in [-0.15, -0.1) is 0 Å². The van der Waals surface area contributed by atoms with Gasteiger partial charge in [-0.25, -0.2) is 4.39 Å². The fraction of sp³-hybridized carbons (Fsp3) is 0.0769. The van der Waals surface area contributed by atoms with Crippen molar-refractivity contribution >= 4 is 0 Å². The monoisotopic (exact) mass is 282 g/mol. The number of rotatable bonds is 2. The Morgan fingerprint density at radius 1 is 1.20 bits per heavy atom. The Labute approximate surface area is 111 Å². The number of halogens is 4. The highest BCUT2D eigenvalue weighted by atomic mass is 19.4. The van der Waals surface area contributed by atoms with Gasteiger partial charge in [0.05, 0.1) is 17.3 Å². The molecule has 3 nitrogen and oxygen atoms in total. The lowest BCUT2D eigenvalue weighted by Gasteiger charge is -2.11. The van der Waals surface area contributed by atoms with Crippen molar-refractivity contribution < 1.29 is 22.3 Å². The molecular formula is C13H6F4N2O. The summed E-state index contributed by atoms with van der Waals surface area (Å²) in [7, 11) is 0. The van der Waals surface area contributed by atoms with Crippen LogP contribution in [0.25, 0.3) is 0 Å². The summed E-state index contributed by atoms with van der Waals surface area (Å²) in [6, 6.07) is 5.39. The third-order valence-corrected chi connectivity index (χ3v) is 2.38. The normalized spacial score (nSPS) is 10.9. The summed E-state index contributed by atoms with van der Waals surface area (Å²) < 4.78 is 55.9. The summed E-state index contributed by atoms with van der Waals surface area (Å²) in [5.41, 5.74) is -1.32. The molecule has 2 aromatic rings. The number of alkyl halides is 3. The molecule has 0 aliphatic heterocycles. The molecule has 1 aromatic carbocycles. The number of benzene rings is 1. The standard InChI is InChI=1S/C13H6F4N2O/c14-11-2-1-9(5-10(11)13(15,16)17)20-12-7-19-4-3-8(12)6-18/h1-5,7H. The van der Waals surface area contributed by atoms with Gasteiger partial charge in [0.2, 0.25) is 0 Å². The molecule has 1 aromatic heterocycles. The predicted molar refractivity (Wildman–Crippen MR) is 60.4 cm³/mol. The van der Waals surface area contributed by atoms with Crippen LogP contribution in [0.3, 0.4) is 0 Å². The van der Waals surface area contributed by atoms with Crippen LogP contribution in [0.2, 0.25) is 0 Å². The predicted octanol–water partition coefficient (Wildman–Crippen LogP) is 3.90. The van der Waals surface area contributed by atoms with Gasteiger partial charge in [-0.3, -0.25) is 4.98 Å². The zero-order valence-electron chi connectivity index (χ0n) is 9.78. The van der Waals surface area contributed by atoms with Gasteiger partial charge in [-0.2, -0.15) is 18.4 Å². The first-order valence-electron chi connectivity index (χ1n) is 5.30. The Balaban J connectivity index is 2.38. The van der Waals surface area contributed by atoms with Crippen LogP contribution in [0.4, 0.5) is 17.6 Å². The minimum atomic E-state index is -4.82. The largest absolute Gasteiger partial charge is 0.454 e. The van der Waals surface area contributed by atoms with Crippen molar-refractivity contribution in [3.8, 4) is 17.6 Å². The Morgan fingerprint density at radius 2 is 1.95 bits per heavy atom. The molecule has 0 bridgehead atoms. The lowest BCUT2D eigenvalue weighted by atomic mass is 10.2. The molecule has 0 atom stereocenters. The second-order valence-corrected chi connectivity index (χ2v) is 3.73. The van der Waals surface area contributed by atoms with Crippen LogP contribution in [0, 0.1) is 17.1 Å². The maximum absolute atomic E-state index is 13.1. The zero-order chi connectivity index (χ0) is 14.8. The van der Waals surface area contributed by atoms with E-state index in [1.807, 2.05) is 6.07 Å². The van der Waals surface area contributed by atoms with Crippen molar-refractivity contribution in [2.45, 2.75) is 6.18 Å². The molecule has 0 saturated heterocycles. The van der Waals surface area contributed by atoms with Crippen molar-refractivity contribution in [2.75, 3.05) is 0 Å². The van der Waals surface area contributed by atoms with E-state index >= 15 is 0 Å². The Hall–Kier alpha value is -2.62. The first-order chi connectivity index (χ1) is 9.41. The number of ether oxygens (including phenoxy) is 1. The fourth-order valence-electron chi connectivity index (χ4n) is 1.47. The van der Waals surface area contributed by atoms with Crippen LogP contribution in [-0.2, 0) is 6.18 Å². The van der Waals surface area contributed by atoms with E-state index in [1.165, 1.54) is 18.5 Å². The summed E-state index contributed by atoms with van der Waals surface area (Å²) in [5.74, 6) is -1.63. The van der Waals surface area contributed by atoms with E-state index in [2.05, 4.69) is 4.98 Å². The molecule has 102 valence electrons. The smallest absolute Gasteiger partial charge is 0.419 e. The van der Waals surface area contributed by atoms with Gasteiger partial charge in [-0.1, -0.05) is 0 Å². The van der Waals surface area contributed by atoms with Gasteiger partial charge in [-0.05, 0) is 24.3 Å². The number of hydrogen-bond donors (Lipinski definition) is 0. The van der Waals surface area contributed by atoms with Gasteiger partial charge < -0.3 is 4.74 Å². The molecule has 0 N–H and O–H groups in total. The van der Waals surface area contributed by atoms with Crippen molar-refractivity contribution in [1.29, 1.82) is 5.26 Å². The van der Waals surface area contributed by atoms with E-state index in [-0.39, 0.29) is 17.1 Å². The summed E-state index contributed by atoms with van der Waals surface area (Å²) in [6.45, 7) is 0. The molecule has 2 rings (SSSR count). The molecule has 0 aliphatic carbocycles. The third kappa shape index (κ3) is 2.85. The first kappa shape index (κ1) is 13.8. The van der Waals surface area contributed by atoms with E-state index in [9.17, 15) is 17.6 Å². The van der Waals surface area contributed by atoms with Gasteiger partial charge in [0.1, 0.15) is 17.6 Å². The lowest BCUT2D eigenvalue weighted by molar-refractivity contribution is -0.140. The van der Waals surface area contributed by atoms with E-state index in [0.29, 0.717) is 12.1 Å². The van der Waals surface area contributed by atoms with Crippen molar-refractivity contribution in [3.63, 3.8) is 0 Å². The molecule has 20 heavy (non-hydrogen) atoms. The number of nitrogens with zero attached hydrogens (tertiary/aromatic N) is 2. The second kappa shape index (κ2) is 5.17. The molecule has 1 heterocycles. The maximum Gasteiger partial charge on any atom is 0.419 e. The van der Waals surface area contributed by atoms with E-state index < -0.39 is 17.6 Å². The Bertz CT molecular complexity index is 677. The molecule has 0 aliphatic rings. The molecular weight excluding hydrogens is 276 g/mol. The summed E-state index contributed by atoms with van der Waals surface area (Å²) in [4.78, 5) is 3.71. The number of aromatic nitrogens is 1.